The third-order valence-corrected chi connectivity index (χ3v) is 8.61. The fourth-order valence-electron chi connectivity index (χ4n) is 6.52. The SMILES string of the molecule is CC(=O)Nc1ccc(C(=O)NC2CCN(C(C)CC(C(=O)N(C)C)(c3ccccc3)c3ccccc3)C(OC(C)=O)C2O)c(OC(C)=O)c1. The zero-order valence-electron chi connectivity index (χ0n) is 28.6. The molecule has 12 nitrogen and oxygen atoms in total. The van der Waals surface area contributed by atoms with Gasteiger partial charge in [0.25, 0.3) is 5.91 Å². The quantitative estimate of drug-likeness (QED) is 0.205. The normalized spacial score (nSPS) is 18.5. The van der Waals surface area contributed by atoms with Crippen LogP contribution in [0.5, 0.6) is 5.75 Å². The number of amides is 3. The number of carbonyl (C=O) groups is 5. The van der Waals surface area contributed by atoms with Gasteiger partial charge in [-0.25, -0.2) is 0 Å². The maximum Gasteiger partial charge on any atom is 0.308 e. The van der Waals surface area contributed by atoms with E-state index in [0.29, 0.717) is 12.2 Å². The van der Waals surface area contributed by atoms with Crippen LogP contribution in [0.3, 0.4) is 0 Å². The van der Waals surface area contributed by atoms with Crippen molar-refractivity contribution >= 4 is 35.3 Å². The number of likely N-dealkylation sites (N-methyl/N-ethyl adjacent to an activating group) is 1. The van der Waals surface area contributed by atoms with Crippen molar-refractivity contribution in [3.05, 3.63) is 95.6 Å². The molecule has 49 heavy (non-hydrogen) atoms. The van der Waals surface area contributed by atoms with Gasteiger partial charge in [0.1, 0.15) is 17.3 Å². The highest BCUT2D eigenvalue weighted by atomic mass is 16.6. The Labute approximate surface area is 286 Å². The van der Waals surface area contributed by atoms with Crippen molar-refractivity contribution in [1.29, 1.82) is 0 Å². The molecule has 4 unspecified atom stereocenters. The molecule has 1 saturated heterocycles. The molecule has 12 heteroatoms. The lowest BCUT2D eigenvalue weighted by atomic mass is 9.69. The van der Waals surface area contributed by atoms with Gasteiger partial charge in [-0.3, -0.25) is 28.9 Å². The second-order valence-corrected chi connectivity index (χ2v) is 12.5. The average molecular weight is 673 g/mol. The van der Waals surface area contributed by atoms with Gasteiger partial charge in [-0.2, -0.15) is 0 Å². The van der Waals surface area contributed by atoms with E-state index in [0.717, 1.165) is 11.1 Å². The summed E-state index contributed by atoms with van der Waals surface area (Å²) in [5, 5.41) is 17.0. The molecule has 4 rings (SSSR count). The van der Waals surface area contributed by atoms with E-state index in [9.17, 15) is 29.1 Å². The van der Waals surface area contributed by atoms with Crippen LogP contribution in [0.25, 0.3) is 0 Å². The zero-order chi connectivity index (χ0) is 35.9. The Kier molecular flexibility index (Phi) is 11.9. The number of ether oxygens (including phenoxy) is 2. The van der Waals surface area contributed by atoms with Gasteiger partial charge in [-0.05, 0) is 43.0 Å². The highest BCUT2D eigenvalue weighted by Gasteiger charge is 2.48. The molecule has 0 radical (unpaired) electrons. The molecule has 3 aromatic carbocycles. The van der Waals surface area contributed by atoms with Crippen LogP contribution >= 0.6 is 0 Å². The Morgan fingerprint density at radius 1 is 0.918 bits per heavy atom. The number of carbonyl (C=O) groups excluding carboxylic acids is 5. The molecule has 0 bridgehead atoms. The predicted octanol–water partition coefficient (Wildman–Crippen LogP) is 3.48. The van der Waals surface area contributed by atoms with E-state index >= 15 is 0 Å². The van der Waals surface area contributed by atoms with Crippen LogP contribution < -0.4 is 15.4 Å². The smallest absolute Gasteiger partial charge is 0.308 e. The highest BCUT2D eigenvalue weighted by Crippen LogP contribution is 2.40. The number of aliphatic hydroxyl groups excluding tert-OH is 1. The number of nitrogens with one attached hydrogen (secondary N) is 2. The van der Waals surface area contributed by atoms with E-state index in [1.807, 2.05) is 72.5 Å². The Morgan fingerprint density at radius 2 is 1.51 bits per heavy atom. The number of rotatable bonds is 11. The van der Waals surface area contributed by atoms with Crippen molar-refractivity contribution in [2.45, 2.75) is 70.4 Å². The molecular weight excluding hydrogens is 628 g/mol. The molecule has 3 amide bonds. The van der Waals surface area contributed by atoms with E-state index in [1.165, 1.54) is 39.0 Å². The number of anilines is 1. The maximum atomic E-state index is 14.3. The zero-order valence-corrected chi connectivity index (χ0v) is 28.6. The summed E-state index contributed by atoms with van der Waals surface area (Å²) in [5.74, 6) is -2.47. The molecule has 0 saturated carbocycles. The van der Waals surface area contributed by atoms with Crippen LogP contribution in [0.15, 0.2) is 78.9 Å². The number of benzene rings is 3. The summed E-state index contributed by atoms with van der Waals surface area (Å²) in [6.45, 7) is 5.98. The van der Waals surface area contributed by atoms with Crippen molar-refractivity contribution < 1.29 is 38.6 Å². The van der Waals surface area contributed by atoms with Gasteiger partial charge in [0, 0.05) is 59.2 Å². The third kappa shape index (κ3) is 8.51. The molecule has 4 atom stereocenters. The fourth-order valence-corrected chi connectivity index (χ4v) is 6.52. The molecular formula is C37H44N4O8. The van der Waals surface area contributed by atoms with E-state index in [1.54, 1.807) is 19.0 Å². The summed E-state index contributed by atoms with van der Waals surface area (Å²) >= 11 is 0. The van der Waals surface area contributed by atoms with Crippen LogP contribution in [0, 0.1) is 0 Å². The van der Waals surface area contributed by atoms with Crippen LogP contribution in [-0.2, 0) is 29.3 Å². The summed E-state index contributed by atoms with van der Waals surface area (Å²) in [6.07, 6.45) is -1.95. The molecule has 260 valence electrons. The molecule has 1 aliphatic rings. The molecule has 0 spiro atoms. The Balaban J connectivity index is 1.65. The number of hydrogen-bond acceptors (Lipinski definition) is 9. The summed E-state index contributed by atoms with van der Waals surface area (Å²) < 4.78 is 11.0. The van der Waals surface area contributed by atoms with Crippen LogP contribution in [-0.4, -0.2) is 89.6 Å². The first kappa shape index (κ1) is 36.8. The van der Waals surface area contributed by atoms with Crippen molar-refractivity contribution in [2.24, 2.45) is 0 Å². The first-order chi connectivity index (χ1) is 23.2. The van der Waals surface area contributed by atoms with Gasteiger partial charge < -0.3 is 30.1 Å². The summed E-state index contributed by atoms with van der Waals surface area (Å²) in [5.41, 5.74) is 0.818. The number of esters is 2. The number of piperidine rings is 1. The van der Waals surface area contributed by atoms with Crippen molar-refractivity contribution in [3.8, 4) is 5.75 Å². The number of likely N-dealkylation sites (tertiary alicyclic amines) is 1. The van der Waals surface area contributed by atoms with E-state index < -0.39 is 47.7 Å². The lowest BCUT2D eigenvalue weighted by Gasteiger charge is -2.47. The summed E-state index contributed by atoms with van der Waals surface area (Å²) in [4.78, 5) is 66.9. The van der Waals surface area contributed by atoms with Gasteiger partial charge in [0.15, 0.2) is 6.23 Å². The van der Waals surface area contributed by atoms with Crippen LogP contribution in [0.1, 0.15) is 62.0 Å². The lowest BCUT2D eigenvalue weighted by Crippen LogP contribution is -2.63. The van der Waals surface area contributed by atoms with Gasteiger partial charge >= 0.3 is 11.9 Å². The Hall–Kier alpha value is -5.07. The number of nitrogens with zero attached hydrogens (tertiary/aromatic N) is 2. The lowest BCUT2D eigenvalue weighted by molar-refractivity contribution is -0.185. The average Bonchev–Trinajstić information content (AvgIpc) is 3.05. The minimum Gasteiger partial charge on any atom is -0.444 e. The molecule has 1 fully saturated rings. The van der Waals surface area contributed by atoms with Crippen LogP contribution in [0.4, 0.5) is 5.69 Å². The van der Waals surface area contributed by atoms with Crippen molar-refractivity contribution in [1.82, 2.24) is 15.1 Å². The Morgan fingerprint density at radius 3 is 2.02 bits per heavy atom. The predicted molar refractivity (Wildman–Crippen MR) is 183 cm³/mol. The molecule has 3 aromatic rings. The van der Waals surface area contributed by atoms with Gasteiger partial charge in [0.05, 0.1) is 11.6 Å². The molecule has 0 aliphatic carbocycles. The first-order valence-corrected chi connectivity index (χ1v) is 16.1. The first-order valence-electron chi connectivity index (χ1n) is 16.1. The van der Waals surface area contributed by atoms with Gasteiger partial charge in [0.2, 0.25) is 11.8 Å². The van der Waals surface area contributed by atoms with Crippen LogP contribution in [0.2, 0.25) is 0 Å². The second-order valence-electron chi connectivity index (χ2n) is 12.5. The molecule has 1 heterocycles. The topological polar surface area (TPSA) is 155 Å². The minimum atomic E-state index is -1.35. The van der Waals surface area contributed by atoms with E-state index in [-0.39, 0.29) is 36.0 Å². The van der Waals surface area contributed by atoms with Gasteiger partial charge in [-0.15, -0.1) is 0 Å². The third-order valence-electron chi connectivity index (χ3n) is 8.61. The Bertz CT molecular complexity index is 1620. The standard InChI is InChI=1S/C37H44N4O8/c1-23(22-37(36(47)40(5)6,27-13-9-7-10-14-27)28-15-11-8-12-16-28)41-20-19-31(33(45)35(41)49-26(4)44)39-34(46)30-18-17-29(38-24(2)42)21-32(30)48-25(3)43/h7-18,21,23,31,33,35,45H,19-20,22H2,1-6H3,(H,38,42)(H,39,46). The van der Waals surface area contributed by atoms with E-state index in [4.69, 9.17) is 9.47 Å². The summed E-state index contributed by atoms with van der Waals surface area (Å²) in [6, 6.07) is 22.0. The highest BCUT2D eigenvalue weighted by molar-refractivity contribution is 5.99. The number of hydrogen-bond donors (Lipinski definition) is 3. The second kappa shape index (κ2) is 15.9. The van der Waals surface area contributed by atoms with Crippen molar-refractivity contribution in [3.63, 3.8) is 0 Å². The molecule has 1 aliphatic heterocycles. The maximum absolute atomic E-state index is 14.3. The van der Waals surface area contributed by atoms with E-state index in [2.05, 4.69) is 10.6 Å². The molecule has 0 aromatic heterocycles. The largest absolute Gasteiger partial charge is 0.444 e. The fraction of sp³-hybridized carbons (Fsp3) is 0.378. The molecule has 3 N–H and O–H groups in total. The monoisotopic (exact) mass is 672 g/mol. The summed E-state index contributed by atoms with van der Waals surface area (Å²) in [7, 11) is 3.43. The van der Waals surface area contributed by atoms with Gasteiger partial charge in [-0.1, -0.05) is 60.7 Å². The number of aliphatic hydroxyl groups is 1. The minimum absolute atomic E-state index is 0.00837. The van der Waals surface area contributed by atoms with Crippen molar-refractivity contribution in [2.75, 3.05) is 26.0 Å².